The monoisotopic (exact) mass is 314 g/mol. The molecule has 5 heteroatoms. The third-order valence-electron chi connectivity index (χ3n) is 2.86. The molecular formula is C18H18O5. The van der Waals surface area contributed by atoms with E-state index in [1.165, 1.54) is 6.92 Å². The highest BCUT2D eigenvalue weighted by molar-refractivity contribution is 5.82. The lowest BCUT2D eigenvalue weighted by atomic mass is 10.1. The molecule has 0 amide bonds. The Morgan fingerprint density at radius 2 is 1.48 bits per heavy atom. The molecule has 0 unspecified atom stereocenters. The molecule has 2 aromatic rings. The van der Waals surface area contributed by atoms with Crippen molar-refractivity contribution in [2.45, 2.75) is 20.8 Å². The number of carbonyl (C=O) groups excluding carboxylic acids is 3. The van der Waals surface area contributed by atoms with Gasteiger partial charge in [0.15, 0.2) is 12.6 Å². The molecule has 0 atom stereocenters. The van der Waals surface area contributed by atoms with Crippen molar-refractivity contribution in [1.29, 1.82) is 0 Å². The largest absolute Gasteiger partial charge is 0.507 e. The molecule has 0 fully saturated rings. The topological polar surface area (TPSA) is 80.7 Å². The number of esters is 1. The van der Waals surface area contributed by atoms with Gasteiger partial charge >= 0.3 is 5.97 Å². The molecule has 0 bridgehead atoms. The van der Waals surface area contributed by atoms with Crippen LogP contribution >= 0.6 is 0 Å². The van der Waals surface area contributed by atoms with Gasteiger partial charge in [-0.1, -0.05) is 12.1 Å². The van der Waals surface area contributed by atoms with Gasteiger partial charge in [-0.3, -0.25) is 14.4 Å². The van der Waals surface area contributed by atoms with Gasteiger partial charge in [-0.05, 0) is 49.2 Å². The lowest BCUT2D eigenvalue weighted by Gasteiger charge is -2.04. The molecule has 0 aliphatic rings. The Labute approximate surface area is 134 Å². The summed E-state index contributed by atoms with van der Waals surface area (Å²) in [5, 5.41) is 9.06. The van der Waals surface area contributed by atoms with Gasteiger partial charge < -0.3 is 9.84 Å². The van der Waals surface area contributed by atoms with Crippen molar-refractivity contribution in [2.24, 2.45) is 0 Å². The molecule has 0 aromatic heterocycles. The summed E-state index contributed by atoms with van der Waals surface area (Å²) in [6, 6.07) is 10.0. The fourth-order valence-corrected chi connectivity index (χ4v) is 1.74. The maximum atomic E-state index is 10.7. The molecule has 23 heavy (non-hydrogen) atoms. The summed E-state index contributed by atoms with van der Waals surface area (Å²) in [4.78, 5) is 31.4. The summed E-state index contributed by atoms with van der Waals surface area (Å²) in [7, 11) is 0. The highest BCUT2D eigenvalue weighted by Crippen LogP contribution is 2.18. The number of ether oxygens (including phenoxy) is 1. The van der Waals surface area contributed by atoms with Gasteiger partial charge in [0.1, 0.15) is 11.5 Å². The van der Waals surface area contributed by atoms with Crippen LogP contribution in [0.15, 0.2) is 36.4 Å². The zero-order chi connectivity index (χ0) is 17.4. The van der Waals surface area contributed by atoms with Crippen LogP contribution in [0, 0.1) is 13.8 Å². The van der Waals surface area contributed by atoms with Crippen molar-refractivity contribution < 1.29 is 24.2 Å². The molecule has 120 valence electrons. The van der Waals surface area contributed by atoms with E-state index < -0.39 is 5.97 Å². The van der Waals surface area contributed by atoms with E-state index in [4.69, 9.17) is 9.84 Å². The first kappa shape index (κ1) is 18.1. The standard InChI is InChI=1S/C10H10O3.C8H8O2/c1-7-3-4-9(6-11)10(5-7)13-8(2)12;1-6-2-3-7(5-9)8(10)4-6/h3-6H,1-2H3;2-5,10H,1H3. The van der Waals surface area contributed by atoms with Crippen molar-refractivity contribution in [3.63, 3.8) is 0 Å². The van der Waals surface area contributed by atoms with Crippen molar-refractivity contribution in [2.75, 3.05) is 0 Å². The second-order valence-corrected chi connectivity index (χ2v) is 4.93. The zero-order valence-electron chi connectivity index (χ0n) is 13.2. The van der Waals surface area contributed by atoms with E-state index in [0.29, 0.717) is 29.4 Å². The van der Waals surface area contributed by atoms with Gasteiger partial charge in [0, 0.05) is 6.92 Å². The van der Waals surface area contributed by atoms with Crippen LogP contribution in [0.1, 0.15) is 38.8 Å². The molecule has 0 aliphatic carbocycles. The van der Waals surface area contributed by atoms with Crippen molar-refractivity contribution in [3.8, 4) is 11.5 Å². The van der Waals surface area contributed by atoms with E-state index in [2.05, 4.69) is 0 Å². The van der Waals surface area contributed by atoms with Gasteiger partial charge in [-0.25, -0.2) is 0 Å². The van der Waals surface area contributed by atoms with Gasteiger partial charge in [0.25, 0.3) is 0 Å². The number of carbonyl (C=O) groups is 3. The molecule has 1 N–H and O–H groups in total. The number of aryl methyl sites for hydroxylation is 2. The summed E-state index contributed by atoms with van der Waals surface area (Å²) in [5.41, 5.74) is 2.62. The van der Waals surface area contributed by atoms with Crippen molar-refractivity contribution >= 4 is 18.5 Å². The zero-order valence-corrected chi connectivity index (χ0v) is 13.2. The fourth-order valence-electron chi connectivity index (χ4n) is 1.74. The summed E-state index contributed by atoms with van der Waals surface area (Å²) < 4.78 is 4.85. The third kappa shape index (κ3) is 5.74. The lowest BCUT2D eigenvalue weighted by Crippen LogP contribution is -2.03. The Morgan fingerprint density at radius 1 is 0.957 bits per heavy atom. The first-order valence-electron chi connectivity index (χ1n) is 6.86. The highest BCUT2D eigenvalue weighted by atomic mass is 16.5. The van der Waals surface area contributed by atoms with Crippen LogP contribution in [-0.2, 0) is 4.79 Å². The van der Waals surface area contributed by atoms with Crippen molar-refractivity contribution in [1.82, 2.24) is 0 Å². The van der Waals surface area contributed by atoms with Crippen LogP contribution in [-0.4, -0.2) is 23.6 Å². The average Bonchev–Trinajstić information content (AvgIpc) is 2.47. The number of benzene rings is 2. The third-order valence-corrected chi connectivity index (χ3v) is 2.86. The minimum Gasteiger partial charge on any atom is -0.507 e. The van der Waals surface area contributed by atoms with Gasteiger partial charge in [0.05, 0.1) is 11.1 Å². The smallest absolute Gasteiger partial charge is 0.308 e. The van der Waals surface area contributed by atoms with Gasteiger partial charge in [-0.15, -0.1) is 0 Å². The number of phenolic OH excluding ortho intramolecular Hbond substituents is 1. The summed E-state index contributed by atoms with van der Waals surface area (Å²) in [6.07, 6.45) is 1.30. The molecule has 0 saturated carbocycles. The molecule has 5 nitrogen and oxygen atoms in total. The van der Waals surface area contributed by atoms with E-state index in [1.54, 1.807) is 36.4 Å². The number of hydrogen-bond donors (Lipinski definition) is 1. The SMILES string of the molecule is CC(=O)Oc1cc(C)ccc1C=O.Cc1ccc(C=O)c(O)c1. The van der Waals surface area contributed by atoms with Gasteiger partial charge in [-0.2, -0.15) is 0 Å². The molecule has 2 aromatic carbocycles. The maximum absolute atomic E-state index is 10.7. The van der Waals surface area contributed by atoms with Crippen molar-refractivity contribution in [3.05, 3.63) is 58.7 Å². The Balaban J connectivity index is 0.000000238. The van der Waals surface area contributed by atoms with Crippen LogP contribution in [0.4, 0.5) is 0 Å². The molecule has 0 spiro atoms. The fraction of sp³-hybridized carbons (Fsp3) is 0.167. The number of hydrogen-bond acceptors (Lipinski definition) is 5. The summed E-state index contributed by atoms with van der Waals surface area (Å²) >= 11 is 0. The molecule has 0 heterocycles. The Bertz CT molecular complexity index is 719. The second kappa shape index (κ2) is 8.48. The van der Waals surface area contributed by atoms with Crippen LogP contribution in [0.25, 0.3) is 0 Å². The minimum absolute atomic E-state index is 0.0509. The van der Waals surface area contributed by atoms with E-state index in [1.807, 2.05) is 13.8 Å². The molecular weight excluding hydrogens is 296 g/mol. The molecule has 0 saturated heterocycles. The average molecular weight is 314 g/mol. The Morgan fingerprint density at radius 3 is 1.96 bits per heavy atom. The van der Waals surface area contributed by atoms with E-state index in [9.17, 15) is 14.4 Å². The Hall–Kier alpha value is -2.95. The lowest BCUT2D eigenvalue weighted by molar-refractivity contribution is -0.131. The predicted octanol–water partition coefficient (Wildman–Crippen LogP) is 3.25. The summed E-state index contributed by atoms with van der Waals surface area (Å²) in [5.74, 6) is -0.0498. The van der Waals surface area contributed by atoms with Crippen LogP contribution < -0.4 is 4.74 Å². The molecule has 0 aliphatic heterocycles. The van der Waals surface area contributed by atoms with Gasteiger partial charge in [0.2, 0.25) is 0 Å². The predicted molar refractivity (Wildman–Crippen MR) is 86.1 cm³/mol. The normalized spacial score (nSPS) is 9.35. The number of aromatic hydroxyl groups is 1. The molecule has 0 radical (unpaired) electrons. The summed E-state index contributed by atoms with van der Waals surface area (Å²) in [6.45, 7) is 5.02. The van der Waals surface area contributed by atoms with E-state index in [0.717, 1.165) is 11.1 Å². The number of aldehydes is 2. The quantitative estimate of drug-likeness (QED) is 0.534. The first-order valence-corrected chi connectivity index (χ1v) is 6.86. The highest BCUT2D eigenvalue weighted by Gasteiger charge is 2.04. The maximum Gasteiger partial charge on any atom is 0.308 e. The van der Waals surface area contributed by atoms with Crippen LogP contribution in [0.5, 0.6) is 11.5 Å². The van der Waals surface area contributed by atoms with E-state index in [-0.39, 0.29) is 5.75 Å². The van der Waals surface area contributed by atoms with Crippen LogP contribution in [0.2, 0.25) is 0 Å². The second-order valence-electron chi connectivity index (χ2n) is 4.93. The minimum atomic E-state index is -0.422. The van der Waals surface area contributed by atoms with E-state index >= 15 is 0 Å². The Kier molecular flexibility index (Phi) is 6.68. The first-order chi connectivity index (χ1) is 10.9. The van der Waals surface area contributed by atoms with Crippen LogP contribution in [0.3, 0.4) is 0 Å². The number of phenols is 1. The molecule has 2 rings (SSSR count). The number of rotatable bonds is 3.